The van der Waals surface area contributed by atoms with Crippen molar-refractivity contribution in [2.24, 2.45) is 7.05 Å². The Morgan fingerprint density at radius 3 is 2.42 bits per heavy atom. The number of nitrogens with one attached hydrogen (secondary N) is 1. The lowest BCUT2D eigenvalue weighted by Gasteiger charge is -2.31. The molecule has 5 nitrogen and oxygen atoms in total. The molecule has 5 heteroatoms. The third kappa shape index (κ3) is 4.33. The fraction of sp³-hybridized carbons (Fsp3) is 0.429. The van der Waals surface area contributed by atoms with E-state index in [0.29, 0.717) is 17.7 Å². The van der Waals surface area contributed by atoms with Crippen LogP contribution in [0.2, 0.25) is 0 Å². The van der Waals surface area contributed by atoms with E-state index in [1.807, 2.05) is 0 Å². The van der Waals surface area contributed by atoms with E-state index < -0.39 is 0 Å². The van der Waals surface area contributed by atoms with Gasteiger partial charge in [0.15, 0.2) is 0 Å². The van der Waals surface area contributed by atoms with E-state index in [0.717, 1.165) is 13.1 Å². The number of nitriles is 1. The quantitative estimate of drug-likeness (QED) is 0.900. The summed E-state index contributed by atoms with van der Waals surface area (Å²) < 4.78 is 2.14. The topological polar surface area (TPSA) is 61.1 Å². The average molecular weight is 350 g/mol. The zero-order chi connectivity index (χ0) is 18.4. The first-order valence-electron chi connectivity index (χ1n) is 9.32. The van der Waals surface area contributed by atoms with Crippen molar-refractivity contribution in [3.63, 3.8) is 0 Å². The molecule has 3 rings (SSSR count). The van der Waals surface area contributed by atoms with Crippen LogP contribution in [-0.2, 0) is 7.05 Å². The first kappa shape index (κ1) is 18.2. The van der Waals surface area contributed by atoms with E-state index >= 15 is 0 Å². The SMILES string of the molecule is Cn1cccc1C(CNC(=O)c1ccc(C#N)cc1)N1CCCCCC1. The molecule has 1 aromatic carbocycles. The van der Waals surface area contributed by atoms with Crippen LogP contribution in [-0.4, -0.2) is 35.0 Å². The van der Waals surface area contributed by atoms with Gasteiger partial charge in [-0.1, -0.05) is 12.8 Å². The van der Waals surface area contributed by atoms with Crippen LogP contribution in [0.15, 0.2) is 42.6 Å². The Labute approximate surface area is 155 Å². The van der Waals surface area contributed by atoms with Crippen molar-refractivity contribution in [3.8, 4) is 6.07 Å². The van der Waals surface area contributed by atoms with Gasteiger partial charge in [-0.3, -0.25) is 9.69 Å². The molecule has 1 saturated heterocycles. The summed E-state index contributed by atoms with van der Waals surface area (Å²) >= 11 is 0. The highest BCUT2D eigenvalue weighted by Gasteiger charge is 2.24. The van der Waals surface area contributed by atoms with Gasteiger partial charge in [0.1, 0.15) is 0 Å². The van der Waals surface area contributed by atoms with Crippen molar-refractivity contribution < 1.29 is 4.79 Å². The van der Waals surface area contributed by atoms with Crippen molar-refractivity contribution in [1.29, 1.82) is 5.26 Å². The number of carbonyl (C=O) groups excluding carboxylic acids is 1. The summed E-state index contributed by atoms with van der Waals surface area (Å²) in [6, 6.07) is 13.2. The van der Waals surface area contributed by atoms with Crippen molar-refractivity contribution >= 4 is 5.91 Å². The third-order valence-electron chi connectivity index (χ3n) is 5.14. The Morgan fingerprint density at radius 2 is 1.85 bits per heavy atom. The summed E-state index contributed by atoms with van der Waals surface area (Å²) in [5.41, 5.74) is 2.38. The van der Waals surface area contributed by atoms with Crippen molar-refractivity contribution in [2.75, 3.05) is 19.6 Å². The minimum Gasteiger partial charge on any atom is -0.353 e. The first-order valence-corrected chi connectivity index (χ1v) is 9.32. The van der Waals surface area contributed by atoms with E-state index in [1.165, 1.54) is 31.4 Å². The summed E-state index contributed by atoms with van der Waals surface area (Å²) in [6.45, 7) is 2.72. The maximum absolute atomic E-state index is 12.5. The van der Waals surface area contributed by atoms with Gasteiger partial charge in [-0.2, -0.15) is 5.26 Å². The Kier molecular flexibility index (Phi) is 6.08. The molecule has 1 atom stereocenters. The monoisotopic (exact) mass is 350 g/mol. The van der Waals surface area contributed by atoms with Crippen LogP contribution in [0, 0.1) is 11.3 Å². The summed E-state index contributed by atoms with van der Waals surface area (Å²) in [5.74, 6) is -0.0940. The van der Waals surface area contributed by atoms with Gasteiger partial charge in [-0.05, 0) is 62.3 Å². The van der Waals surface area contributed by atoms with Crippen LogP contribution >= 0.6 is 0 Å². The minimum atomic E-state index is -0.0940. The molecule has 1 N–H and O–H groups in total. The van der Waals surface area contributed by atoms with Crippen LogP contribution in [0.3, 0.4) is 0 Å². The third-order valence-corrected chi connectivity index (χ3v) is 5.14. The molecule has 0 aliphatic carbocycles. The second kappa shape index (κ2) is 8.68. The van der Waals surface area contributed by atoms with Gasteiger partial charge in [0, 0.05) is 31.0 Å². The van der Waals surface area contributed by atoms with Crippen molar-refractivity contribution in [3.05, 3.63) is 59.4 Å². The summed E-state index contributed by atoms with van der Waals surface area (Å²) in [6.07, 6.45) is 7.06. The molecular formula is C21H26N4O. The fourth-order valence-corrected chi connectivity index (χ4v) is 3.64. The number of carbonyl (C=O) groups is 1. The van der Waals surface area contributed by atoms with Crippen molar-refractivity contribution in [1.82, 2.24) is 14.8 Å². The van der Waals surface area contributed by atoms with Gasteiger partial charge in [0.05, 0.1) is 17.7 Å². The van der Waals surface area contributed by atoms with E-state index in [-0.39, 0.29) is 11.9 Å². The molecular weight excluding hydrogens is 324 g/mol. The lowest BCUT2D eigenvalue weighted by Crippen LogP contribution is -2.39. The maximum atomic E-state index is 12.5. The van der Waals surface area contributed by atoms with Crippen LogP contribution in [0.1, 0.15) is 53.3 Å². The number of aryl methyl sites for hydroxylation is 1. The second-order valence-electron chi connectivity index (χ2n) is 6.91. The minimum absolute atomic E-state index is 0.0940. The molecule has 1 aliphatic rings. The van der Waals surface area contributed by atoms with Gasteiger partial charge in [0.25, 0.3) is 5.91 Å². The lowest BCUT2D eigenvalue weighted by atomic mass is 10.1. The summed E-state index contributed by atoms with van der Waals surface area (Å²) in [7, 11) is 2.06. The average Bonchev–Trinajstić information content (AvgIpc) is 2.92. The molecule has 0 saturated carbocycles. The Bertz CT molecular complexity index is 764. The molecule has 136 valence electrons. The number of hydrogen-bond donors (Lipinski definition) is 1. The highest BCUT2D eigenvalue weighted by atomic mass is 16.1. The number of rotatable bonds is 5. The zero-order valence-electron chi connectivity index (χ0n) is 15.3. The number of hydrogen-bond acceptors (Lipinski definition) is 3. The molecule has 26 heavy (non-hydrogen) atoms. The number of amides is 1. The second-order valence-corrected chi connectivity index (χ2v) is 6.91. The van der Waals surface area contributed by atoms with Crippen molar-refractivity contribution in [2.45, 2.75) is 31.7 Å². The molecule has 1 amide bonds. The molecule has 0 spiro atoms. The van der Waals surface area contributed by atoms with Crippen LogP contribution in [0.25, 0.3) is 0 Å². The van der Waals surface area contributed by atoms with E-state index in [1.54, 1.807) is 24.3 Å². The molecule has 0 bridgehead atoms. The molecule has 1 aliphatic heterocycles. The van der Waals surface area contributed by atoms with Crippen LogP contribution in [0.5, 0.6) is 0 Å². The number of nitrogens with zero attached hydrogens (tertiary/aromatic N) is 3. The summed E-state index contributed by atoms with van der Waals surface area (Å²) in [5, 5.41) is 12.0. The highest BCUT2D eigenvalue weighted by Crippen LogP contribution is 2.24. The molecule has 1 unspecified atom stereocenters. The van der Waals surface area contributed by atoms with Gasteiger partial charge >= 0.3 is 0 Å². The van der Waals surface area contributed by atoms with Crippen LogP contribution < -0.4 is 5.32 Å². The predicted molar refractivity (Wildman–Crippen MR) is 102 cm³/mol. The van der Waals surface area contributed by atoms with Gasteiger partial charge < -0.3 is 9.88 Å². The lowest BCUT2D eigenvalue weighted by molar-refractivity contribution is 0.0931. The first-order chi connectivity index (χ1) is 12.7. The van der Waals surface area contributed by atoms with Gasteiger partial charge in [0.2, 0.25) is 0 Å². The Hall–Kier alpha value is -2.58. The predicted octanol–water partition coefficient (Wildman–Crippen LogP) is 3.24. The van der Waals surface area contributed by atoms with Gasteiger partial charge in [-0.25, -0.2) is 0 Å². The smallest absolute Gasteiger partial charge is 0.251 e. The Morgan fingerprint density at radius 1 is 1.15 bits per heavy atom. The van der Waals surface area contributed by atoms with Crippen LogP contribution in [0.4, 0.5) is 0 Å². The fourth-order valence-electron chi connectivity index (χ4n) is 3.64. The molecule has 1 aromatic heterocycles. The molecule has 2 heterocycles. The molecule has 0 radical (unpaired) electrons. The van der Waals surface area contributed by atoms with E-state index in [9.17, 15) is 4.79 Å². The maximum Gasteiger partial charge on any atom is 0.251 e. The Balaban J connectivity index is 1.71. The molecule has 1 fully saturated rings. The zero-order valence-corrected chi connectivity index (χ0v) is 15.3. The van der Waals surface area contributed by atoms with E-state index in [2.05, 4.69) is 46.2 Å². The standard InChI is InChI=1S/C21H26N4O/c1-24-12-6-7-19(24)20(25-13-4-2-3-5-14-25)16-23-21(26)18-10-8-17(15-22)9-11-18/h6-12,20H,2-5,13-14,16H2,1H3,(H,23,26). The largest absolute Gasteiger partial charge is 0.353 e. The molecule has 2 aromatic rings. The highest BCUT2D eigenvalue weighted by molar-refractivity contribution is 5.94. The number of aromatic nitrogens is 1. The van der Waals surface area contributed by atoms with Gasteiger partial charge in [-0.15, -0.1) is 0 Å². The summed E-state index contributed by atoms with van der Waals surface area (Å²) in [4.78, 5) is 15.0. The number of benzene rings is 1. The normalized spacial score (nSPS) is 16.5. The number of likely N-dealkylation sites (tertiary alicyclic amines) is 1. The van der Waals surface area contributed by atoms with E-state index in [4.69, 9.17) is 5.26 Å².